The lowest BCUT2D eigenvalue weighted by molar-refractivity contribution is -0.179. The standard InChI is InChI=1S/C22H39FO2/c1-2-3-4-5-6-11-16-20(23)21(24)25-22(17-12-8-13-18-22)19-14-9-7-10-15-19/h19-20H,2-18H2,1H3/t20-/m1/s1. The molecule has 0 aromatic rings. The van der Waals surface area contributed by atoms with Crippen LogP contribution in [0.1, 0.15) is 116 Å². The Hall–Kier alpha value is -0.600. The van der Waals surface area contributed by atoms with Crippen LogP contribution in [0.15, 0.2) is 0 Å². The van der Waals surface area contributed by atoms with Gasteiger partial charge in [0.1, 0.15) is 5.60 Å². The molecular weight excluding hydrogens is 315 g/mol. The minimum absolute atomic E-state index is 0.339. The maximum absolute atomic E-state index is 14.4. The third-order valence-electron chi connectivity index (χ3n) is 6.42. The number of ether oxygens (including phenoxy) is 1. The number of carbonyl (C=O) groups is 1. The van der Waals surface area contributed by atoms with Crippen LogP contribution in [0, 0.1) is 5.92 Å². The van der Waals surface area contributed by atoms with E-state index in [2.05, 4.69) is 6.92 Å². The van der Waals surface area contributed by atoms with Crippen molar-refractivity contribution >= 4 is 5.97 Å². The Morgan fingerprint density at radius 2 is 1.56 bits per heavy atom. The molecule has 0 N–H and O–H groups in total. The minimum atomic E-state index is -1.42. The van der Waals surface area contributed by atoms with Crippen LogP contribution in [-0.4, -0.2) is 17.7 Å². The number of carbonyl (C=O) groups excluding carboxylic acids is 1. The summed E-state index contributed by atoms with van der Waals surface area (Å²) in [5.74, 6) is -0.104. The molecule has 0 aliphatic heterocycles. The van der Waals surface area contributed by atoms with Crippen molar-refractivity contribution in [3.05, 3.63) is 0 Å². The highest BCUT2D eigenvalue weighted by molar-refractivity contribution is 5.75. The SMILES string of the molecule is CCCCCCCC[C@@H](F)C(=O)OC1(C2CCCCC2)CCCCC1. The fourth-order valence-corrected chi connectivity index (χ4v) is 4.86. The molecule has 2 saturated carbocycles. The predicted octanol–water partition coefficient (Wildman–Crippen LogP) is 6.90. The molecule has 0 spiro atoms. The van der Waals surface area contributed by atoms with Crippen molar-refractivity contribution in [3.63, 3.8) is 0 Å². The second-order valence-electron chi connectivity index (χ2n) is 8.41. The van der Waals surface area contributed by atoms with E-state index in [1.807, 2.05) is 0 Å². The maximum atomic E-state index is 14.4. The van der Waals surface area contributed by atoms with Crippen LogP contribution in [0.3, 0.4) is 0 Å². The molecule has 2 nitrogen and oxygen atoms in total. The van der Waals surface area contributed by atoms with Gasteiger partial charge in [0.25, 0.3) is 0 Å². The molecule has 0 unspecified atom stereocenters. The van der Waals surface area contributed by atoms with Crippen molar-refractivity contribution in [3.8, 4) is 0 Å². The summed E-state index contributed by atoms with van der Waals surface area (Å²) in [6, 6.07) is 0. The average molecular weight is 355 g/mol. The number of hydrogen-bond acceptors (Lipinski definition) is 2. The third-order valence-corrected chi connectivity index (χ3v) is 6.42. The van der Waals surface area contributed by atoms with E-state index in [0.717, 1.165) is 57.8 Å². The van der Waals surface area contributed by atoms with E-state index in [9.17, 15) is 9.18 Å². The first-order valence-corrected chi connectivity index (χ1v) is 11.0. The molecule has 146 valence electrons. The Labute approximate surface area is 154 Å². The van der Waals surface area contributed by atoms with Crippen LogP contribution in [0.4, 0.5) is 4.39 Å². The summed E-state index contributed by atoms with van der Waals surface area (Å²) in [5, 5.41) is 0. The van der Waals surface area contributed by atoms with E-state index in [-0.39, 0.29) is 5.60 Å². The summed E-state index contributed by atoms with van der Waals surface area (Å²) in [4.78, 5) is 12.4. The van der Waals surface area contributed by atoms with Gasteiger partial charge in [-0.15, -0.1) is 0 Å². The van der Waals surface area contributed by atoms with E-state index in [4.69, 9.17) is 4.74 Å². The lowest BCUT2D eigenvalue weighted by atomic mass is 9.69. The zero-order valence-corrected chi connectivity index (χ0v) is 16.4. The molecule has 0 heterocycles. The number of halogens is 1. The highest BCUT2D eigenvalue weighted by Gasteiger charge is 2.44. The molecule has 25 heavy (non-hydrogen) atoms. The predicted molar refractivity (Wildman–Crippen MR) is 101 cm³/mol. The van der Waals surface area contributed by atoms with E-state index >= 15 is 0 Å². The van der Waals surface area contributed by atoms with Crippen molar-refractivity contribution < 1.29 is 13.9 Å². The van der Waals surface area contributed by atoms with Crippen LogP contribution in [-0.2, 0) is 9.53 Å². The number of unbranched alkanes of at least 4 members (excludes halogenated alkanes) is 5. The van der Waals surface area contributed by atoms with E-state index in [1.165, 1.54) is 44.9 Å². The largest absolute Gasteiger partial charge is 0.457 e. The van der Waals surface area contributed by atoms with Gasteiger partial charge in [0.15, 0.2) is 6.17 Å². The first-order valence-electron chi connectivity index (χ1n) is 11.0. The highest BCUT2D eigenvalue weighted by atomic mass is 19.1. The normalized spacial score (nSPS) is 22.5. The lowest BCUT2D eigenvalue weighted by Crippen LogP contribution is -2.46. The van der Waals surface area contributed by atoms with Gasteiger partial charge in [-0.1, -0.05) is 64.7 Å². The van der Waals surface area contributed by atoms with E-state index in [1.54, 1.807) is 0 Å². The molecule has 0 amide bonds. The molecule has 2 aliphatic rings. The summed E-state index contributed by atoms with van der Waals surface area (Å²) in [5.41, 5.74) is -0.346. The van der Waals surface area contributed by atoms with Gasteiger partial charge in [-0.25, -0.2) is 9.18 Å². The third kappa shape index (κ3) is 6.57. The van der Waals surface area contributed by atoms with Crippen molar-refractivity contribution in [2.75, 3.05) is 0 Å². The van der Waals surface area contributed by atoms with Crippen molar-refractivity contribution in [2.45, 2.75) is 128 Å². The number of alkyl halides is 1. The summed E-state index contributed by atoms with van der Waals surface area (Å²) in [7, 11) is 0. The minimum Gasteiger partial charge on any atom is -0.457 e. The van der Waals surface area contributed by atoms with Gasteiger partial charge in [-0.05, 0) is 57.3 Å². The van der Waals surface area contributed by atoms with Crippen LogP contribution in [0.5, 0.6) is 0 Å². The van der Waals surface area contributed by atoms with E-state index in [0.29, 0.717) is 12.3 Å². The molecule has 0 aromatic carbocycles. The Morgan fingerprint density at radius 3 is 2.24 bits per heavy atom. The van der Waals surface area contributed by atoms with Crippen molar-refractivity contribution in [2.24, 2.45) is 5.92 Å². The van der Waals surface area contributed by atoms with Gasteiger partial charge in [-0.3, -0.25) is 0 Å². The Kier molecular flexibility index (Phi) is 9.26. The molecule has 0 radical (unpaired) electrons. The second-order valence-corrected chi connectivity index (χ2v) is 8.41. The Balaban J connectivity index is 1.79. The topological polar surface area (TPSA) is 26.3 Å². The molecule has 2 fully saturated rings. The van der Waals surface area contributed by atoms with Crippen molar-refractivity contribution in [1.82, 2.24) is 0 Å². The van der Waals surface area contributed by atoms with Gasteiger partial charge in [0.2, 0.25) is 0 Å². The first kappa shape index (κ1) is 20.7. The first-order chi connectivity index (χ1) is 12.2. The van der Waals surface area contributed by atoms with Crippen LogP contribution >= 0.6 is 0 Å². The molecule has 0 aromatic heterocycles. The fourth-order valence-electron chi connectivity index (χ4n) is 4.86. The van der Waals surface area contributed by atoms with Crippen molar-refractivity contribution in [1.29, 1.82) is 0 Å². The van der Waals surface area contributed by atoms with Gasteiger partial charge < -0.3 is 4.74 Å². The zero-order valence-electron chi connectivity index (χ0n) is 16.4. The number of rotatable bonds is 10. The Bertz CT molecular complexity index is 370. The van der Waals surface area contributed by atoms with Crippen LogP contribution < -0.4 is 0 Å². The average Bonchev–Trinajstić information content (AvgIpc) is 2.66. The fraction of sp³-hybridized carbons (Fsp3) is 0.955. The molecule has 0 bridgehead atoms. The molecule has 2 rings (SSSR count). The van der Waals surface area contributed by atoms with E-state index < -0.39 is 12.1 Å². The smallest absolute Gasteiger partial charge is 0.341 e. The number of esters is 1. The summed E-state index contributed by atoms with van der Waals surface area (Å²) >= 11 is 0. The molecule has 1 atom stereocenters. The zero-order chi connectivity index (χ0) is 18.0. The van der Waals surface area contributed by atoms with Gasteiger partial charge >= 0.3 is 5.97 Å². The quantitative estimate of drug-likeness (QED) is 0.315. The molecule has 2 aliphatic carbocycles. The van der Waals surface area contributed by atoms with Gasteiger partial charge in [0.05, 0.1) is 0 Å². The summed E-state index contributed by atoms with van der Waals surface area (Å²) in [6.45, 7) is 2.20. The number of hydrogen-bond donors (Lipinski definition) is 0. The molecular formula is C22H39FO2. The van der Waals surface area contributed by atoms with Crippen LogP contribution in [0.2, 0.25) is 0 Å². The maximum Gasteiger partial charge on any atom is 0.341 e. The monoisotopic (exact) mass is 354 g/mol. The molecule has 0 saturated heterocycles. The molecule has 3 heteroatoms. The van der Waals surface area contributed by atoms with Crippen LogP contribution in [0.25, 0.3) is 0 Å². The lowest BCUT2D eigenvalue weighted by Gasteiger charge is -2.44. The van der Waals surface area contributed by atoms with Gasteiger partial charge in [-0.2, -0.15) is 0 Å². The second kappa shape index (κ2) is 11.2. The summed E-state index contributed by atoms with van der Waals surface area (Å²) in [6.07, 6.45) is 17.1. The Morgan fingerprint density at radius 1 is 0.960 bits per heavy atom. The highest BCUT2D eigenvalue weighted by Crippen LogP contribution is 2.44. The summed E-state index contributed by atoms with van der Waals surface area (Å²) < 4.78 is 20.4. The van der Waals surface area contributed by atoms with Gasteiger partial charge in [0, 0.05) is 0 Å².